The van der Waals surface area contributed by atoms with Crippen molar-refractivity contribution < 1.29 is 4.79 Å². The molecule has 0 spiro atoms. The zero-order chi connectivity index (χ0) is 14.8. The third kappa shape index (κ3) is 3.08. The molecule has 3 rings (SSSR count). The van der Waals surface area contributed by atoms with Crippen molar-refractivity contribution in [1.82, 2.24) is 4.57 Å². The molecular formula is C16H19N3OS. The normalized spacial score (nSPS) is 14.1. The lowest BCUT2D eigenvalue weighted by Gasteiger charge is -2.11. The number of amides is 1. The molecule has 0 radical (unpaired) electrons. The molecule has 110 valence electrons. The summed E-state index contributed by atoms with van der Waals surface area (Å²) >= 11 is 1.72. The average Bonchev–Trinajstić information content (AvgIpc) is 3.24. The predicted octanol–water partition coefficient (Wildman–Crippen LogP) is 3.77. The SMILES string of the molecule is CCSc1ccccc1NC(=O)c1cc(N)cn1C1CC1. The molecule has 21 heavy (non-hydrogen) atoms. The number of thioether (sulfide) groups is 1. The molecule has 1 aromatic heterocycles. The topological polar surface area (TPSA) is 60.1 Å². The number of hydrogen-bond acceptors (Lipinski definition) is 3. The van der Waals surface area contributed by atoms with E-state index in [9.17, 15) is 4.79 Å². The highest BCUT2D eigenvalue weighted by Gasteiger charge is 2.27. The Hall–Kier alpha value is -1.88. The quantitative estimate of drug-likeness (QED) is 0.826. The summed E-state index contributed by atoms with van der Waals surface area (Å²) in [4.78, 5) is 13.6. The first kappa shape index (κ1) is 14.1. The van der Waals surface area contributed by atoms with Gasteiger partial charge in [0.1, 0.15) is 5.69 Å². The summed E-state index contributed by atoms with van der Waals surface area (Å²) < 4.78 is 2.00. The second-order valence-corrected chi connectivity index (χ2v) is 6.49. The first-order valence-electron chi connectivity index (χ1n) is 7.19. The van der Waals surface area contributed by atoms with Gasteiger partial charge in [-0.15, -0.1) is 11.8 Å². The molecule has 4 nitrogen and oxygen atoms in total. The fourth-order valence-corrected chi connectivity index (χ4v) is 3.14. The maximum atomic E-state index is 12.5. The van der Waals surface area contributed by atoms with Gasteiger partial charge in [-0.05, 0) is 36.8 Å². The van der Waals surface area contributed by atoms with Crippen LogP contribution in [0.3, 0.4) is 0 Å². The van der Waals surface area contributed by atoms with Crippen LogP contribution in [0.2, 0.25) is 0 Å². The lowest BCUT2D eigenvalue weighted by Crippen LogP contribution is -2.16. The number of nitrogens with one attached hydrogen (secondary N) is 1. The number of nitrogens with zero attached hydrogens (tertiary/aromatic N) is 1. The highest BCUT2D eigenvalue weighted by molar-refractivity contribution is 7.99. The van der Waals surface area contributed by atoms with Crippen molar-refractivity contribution >= 4 is 29.0 Å². The number of para-hydroxylation sites is 1. The van der Waals surface area contributed by atoms with Gasteiger partial charge in [0, 0.05) is 17.1 Å². The van der Waals surface area contributed by atoms with Crippen molar-refractivity contribution in [2.75, 3.05) is 16.8 Å². The van der Waals surface area contributed by atoms with Crippen molar-refractivity contribution in [1.29, 1.82) is 0 Å². The number of nitrogens with two attached hydrogens (primary N) is 1. The molecule has 1 saturated carbocycles. The fourth-order valence-electron chi connectivity index (χ4n) is 2.38. The van der Waals surface area contributed by atoms with Crippen LogP contribution in [0.1, 0.15) is 36.3 Å². The second kappa shape index (κ2) is 5.85. The minimum Gasteiger partial charge on any atom is -0.397 e. The Morgan fingerprint density at radius 3 is 2.90 bits per heavy atom. The molecular weight excluding hydrogens is 282 g/mol. The summed E-state index contributed by atoms with van der Waals surface area (Å²) in [5.74, 6) is 0.876. The largest absolute Gasteiger partial charge is 0.397 e. The zero-order valence-corrected chi connectivity index (χ0v) is 12.8. The van der Waals surface area contributed by atoms with E-state index in [1.54, 1.807) is 17.8 Å². The molecule has 0 saturated heterocycles. The molecule has 1 aliphatic rings. The monoisotopic (exact) mass is 301 g/mol. The second-order valence-electron chi connectivity index (χ2n) is 5.18. The minimum absolute atomic E-state index is 0.0947. The van der Waals surface area contributed by atoms with Crippen molar-refractivity contribution in [3.05, 3.63) is 42.2 Å². The molecule has 1 amide bonds. The van der Waals surface area contributed by atoms with Gasteiger partial charge in [-0.25, -0.2) is 0 Å². The lowest BCUT2D eigenvalue weighted by atomic mass is 10.3. The van der Waals surface area contributed by atoms with Gasteiger partial charge < -0.3 is 15.6 Å². The molecule has 3 N–H and O–H groups in total. The zero-order valence-electron chi connectivity index (χ0n) is 12.0. The number of aromatic nitrogens is 1. The van der Waals surface area contributed by atoms with Gasteiger partial charge >= 0.3 is 0 Å². The van der Waals surface area contributed by atoms with Gasteiger partial charge in [0.05, 0.1) is 11.4 Å². The Morgan fingerprint density at radius 1 is 1.43 bits per heavy atom. The molecule has 1 aliphatic carbocycles. The standard InChI is InChI=1S/C16H19N3OS/c1-2-21-15-6-4-3-5-13(15)18-16(20)14-9-11(17)10-19(14)12-7-8-12/h3-6,9-10,12H,2,7-8,17H2,1H3,(H,18,20). The molecule has 0 bridgehead atoms. The van der Waals surface area contributed by atoms with Crippen LogP contribution in [0.25, 0.3) is 0 Å². The van der Waals surface area contributed by atoms with E-state index in [2.05, 4.69) is 12.2 Å². The summed E-state index contributed by atoms with van der Waals surface area (Å²) in [6.07, 6.45) is 4.10. The summed E-state index contributed by atoms with van der Waals surface area (Å²) in [5, 5.41) is 3.01. The number of benzene rings is 1. The van der Waals surface area contributed by atoms with Crippen molar-refractivity contribution in [2.24, 2.45) is 0 Å². The molecule has 0 unspecified atom stereocenters. The van der Waals surface area contributed by atoms with Crippen LogP contribution in [0.15, 0.2) is 41.4 Å². The molecule has 2 aromatic rings. The molecule has 0 atom stereocenters. The number of nitrogen functional groups attached to an aromatic ring is 1. The van der Waals surface area contributed by atoms with E-state index in [4.69, 9.17) is 5.73 Å². The minimum atomic E-state index is -0.0947. The van der Waals surface area contributed by atoms with Crippen LogP contribution < -0.4 is 11.1 Å². The number of hydrogen-bond donors (Lipinski definition) is 2. The Balaban J connectivity index is 1.83. The summed E-state index contributed by atoms with van der Waals surface area (Å²) in [7, 11) is 0. The van der Waals surface area contributed by atoms with Gasteiger partial charge in [-0.2, -0.15) is 0 Å². The first-order chi connectivity index (χ1) is 10.2. The molecule has 5 heteroatoms. The average molecular weight is 301 g/mol. The van der Waals surface area contributed by atoms with E-state index >= 15 is 0 Å². The van der Waals surface area contributed by atoms with Crippen molar-refractivity contribution in [3.63, 3.8) is 0 Å². The first-order valence-corrected chi connectivity index (χ1v) is 8.18. The van der Waals surface area contributed by atoms with Crippen LogP contribution >= 0.6 is 11.8 Å². The third-order valence-corrected chi connectivity index (χ3v) is 4.43. The Kier molecular flexibility index (Phi) is 3.92. The fraction of sp³-hybridized carbons (Fsp3) is 0.312. The summed E-state index contributed by atoms with van der Waals surface area (Å²) in [6, 6.07) is 10.1. The van der Waals surface area contributed by atoms with E-state index in [0.717, 1.165) is 29.2 Å². The molecule has 1 aromatic carbocycles. The highest BCUT2D eigenvalue weighted by atomic mass is 32.2. The Bertz CT molecular complexity index is 661. The maximum Gasteiger partial charge on any atom is 0.272 e. The van der Waals surface area contributed by atoms with Crippen LogP contribution in [0, 0.1) is 0 Å². The Morgan fingerprint density at radius 2 is 2.19 bits per heavy atom. The van der Waals surface area contributed by atoms with Crippen LogP contribution in [-0.4, -0.2) is 16.2 Å². The van der Waals surface area contributed by atoms with Crippen LogP contribution in [0.5, 0.6) is 0 Å². The van der Waals surface area contributed by atoms with Gasteiger partial charge in [0.2, 0.25) is 0 Å². The number of carbonyl (C=O) groups is 1. The molecule has 1 heterocycles. The summed E-state index contributed by atoms with van der Waals surface area (Å²) in [6.45, 7) is 2.10. The third-order valence-electron chi connectivity index (χ3n) is 3.48. The van der Waals surface area contributed by atoms with E-state index in [1.165, 1.54) is 0 Å². The van der Waals surface area contributed by atoms with E-state index < -0.39 is 0 Å². The van der Waals surface area contributed by atoms with E-state index in [-0.39, 0.29) is 5.91 Å². The van der Waals surface area contributed by atoms with Gasteiger partial charge in [0.25, 0.3) is 5.91 Å². The predicted molar refractivity (Wildman–Crippen MR) is 87.9 cm³/mol. The van der Waals surface area contributed by atoms with Crippen LogP contribution in [0.4, 0.5) is 11.4 Å². The molecule has 1 fully saturated rings. The Labute approximate surface area is 128 Å². The van der Waals surface area contributed by atoms with Crippen molar-refractivity contribution in [2.45, 2.75) is 30.7 Å². The number of carbonyl (C=O) groups excluding carboxylic acids is 1. The lowest BCUT2D eigenvalue weighted by molar-refractivity contribution is 0.101. The number of rotatable bonds is 5. The smallest absolute Gasteiger partial charge is 0.272 e. The molecule has 0 aliphatic heterocycles. The maximum absolute atomic E-state index is 12.5. The number of anilines is 2. The van der Waals surface area contributed by atoms with Gasteiger partial charge in [0.15, 0.2) is 0 Å². The highest BCUT2D eigenvalue weighted by Crippen LogP contribution is 2.37. The van der Waals surface area contributed by atoms with Crippen molar-refractivity contribution in [3.8, 4) is 0 Å². The van der Waals surface area contributed by atoms with E-state index in [1.807, 2.05) is 35.0 Å². The van der Waals surface area contributed by atoms with E-state index in [0.29, 0.717) is 17.4 Å². The summed E-state index contributed by atoms with van der Waals surface area (Å²) in [5.41, 5.74) is 7.99. The van der Waals surface area contributed by atoms with Crippen LogP contribution in [-0.2, 0) is 0 Å². The van der Waals surface area contributed by atoms with Gasteiger partial charge in [-0.1, -0.05) is 19.1 Å². The van der Waals surface area contributed by atoms with Gasteiger partial charge in [-0.3, -0.25) is 4.79 Å².